The van der Waals surface area contributed by atoms with Crippen molar-refractivity contribution in [2.45, 2.75) is 0 Å². The van der Waals surface area contributed by atoms with E-state index in [4.69, 9.17) is 8.83 Å². The Labute approximate surface area is 176 Å². The third kappa shape index (κ3) is 4.45. The molecule has 0 radical (unpaired) electrons. The van der Waals surface area contributed by atoms with E-state index in [0.717, 1.165) is 5.39 Å². The Hall–Kier alpha value is -4.40. The zero-order valence-corrected chi connectivity index (χ0v) is 16.5. The second-order valence-corrected chi connectivity index (χ2v) is 6.55. The van der Waals surface area contributed by atoms with Gasteiger partial charge in [-0.15, -0.1) is 0 Å². The fourth-order valence-corrected chi connectivity index (χ4v) is 2.83. The van der Waals surface area contributed by atoms with Gasteiger partial charge in [0.25, 0.3) is 11.8 Å². The summed E-state index contributed by atoms with van der Waals surface area (Å²) in [5.74, 6) is -0.586. The molecule has 0 unspecified atom stereocenters. The van der Waals surface area contributed by atoms with Crippen LogP contribution in [0, 0.1) is 0 Å². The Bertz CT molecular complexity index is 1220. The van der Waals surface area contributed by atoms with Crippen LogP contribution in [0.4, 0.5) is 5.69 Å². The van der Waals surface area contributed by atoms with E-state index >= 15 is 0 Å². The van der Waals surface area contributed by atoms with E-state index in [9.17, 15) is 14.4 Å². The first-order chi connectivity index (χ1) is 15.0. The van der Waals surface area contributed by atoms with Gasteiger partial charge in [-0.05, 0) is 36.4 Å². The van der Waals surface area contributed by atoms with Gasteiger partial charge in [0.2, 0.25) is 5.91 Å². The fraction of sp³-hybridized carbons (Fsp3) is 0.0909. The number of carbonyl (C=O) groups is 3. The number of nitrogens with one attached hydrogen (secondary N) is 3. The lowest BCUT2D eigenvalue weighted by molar-refractivity contribution is -0.119. The van der Waals surface area contributed by atoms with Gasteiger partial charge in [0.1, 0.15) is 11.3 Å². The molecule has 0 aliphatic carbocycles. The number of aromatic nitrogens is 1. The molecule has 4 aromatic rings. The number of likely N-dealkylation sites (N-methyl/N-ethyl adjacent to an activating group) is 1. The van der Waals surface area contributed by atoms with Crippen LogP contribution in [0.5, 0.6) is 0 Å². The first-order valence-electron chi connectivity index (χ1n) is 9.38. The van der Waals surface area contributed by atoms with E-state index in [1.807, 2.05) is 18.2 Å². The van der Waals surface area contributed by atoms with Crippen LogP contribution >= 0.6 is 0 Å². The van der Waals surface area contributed by atoms with Gasteiger partial charge in [0.15, 0.2) is 17.3 Å². The Morgan fingerprint density at radius 1 is 0.935 bits per heavy atom. The van der Waals surface area contributed by atoms with Gasteiger partial charge in [-0.25, -0.2) is 0 Å². The van der Waals surface area contributed by atoms with Gasteiger partial charge >= 0.3 is 0 Å². The number of para-hydroxylation sites is 1. The molecule has 3 N–H and O–H groups in total. The van der Waals surface area contributed by atoms with Crippen LogP contribution in [-0.2, 0) is 4.79 Å². The van der Waals surface area contributed by atoms with E-state index in [2.05, 4.69) is 20.9 Å². The van der Waals surface area contributed by atoms with Gasteiger partial charge in [0.05, 0.1) is 18.4 Å². The molecule has 1 aromatic carbocycles. The average Bonchev–Trinajstić information content (AvgIpc) is 3.45. The summed E-state index contributed by atoms with van der Waals surface area (Å²) >= 11 is 0. The van der Waals surface area contributed by atoms with E-state index in [-0.39, 0.29) is 29.9 Å². The Morgan fingerprint density at radius 3 is 2.52 bits per heavy atom. The number of hydrogen-bond acceptors (Lipinski definition) is 6. The molecule has 0 saturated carbocycles. The normalized spacial score (nSPS) is 10.6. The van der Waals surface area contributed by atoms with E-state index in [1.54, 1.807) is 30.3 Å². The molecule has 4 rings (SSSR count). The average molecular weight is 418 g/mol. The van der Waals surface area contributed by atoms with Crippen molar-refractivity contribution in [2.75, 3.05) is 18.9 Å². The minimum atomic E-state index is -0.510. The fourth-order valence-electron chi connectivity index (χ4n) is 2.83. The zero-order chi connectivity index (χ0) is 21.8. The number of amides is 3. The van der Waals surface area contributed by atoms with Crippen molar-refractivity contribution in [3.05, 3.63) is 72.3 Å². The lowest BCUT2D eigenvalue weighted by Crippen LogP contribution is -2.34. The summed E-state index contributed by atoms with van der Waals surface area (Å²) < 4.78 is 11.1. The van der Waals surface area contributed by atoms with Gasteiger partial charge < -0.3 is 24.8 Å². The highest BCUT2D eigenvalue weighted by Crippen LogP contribution is 2.23. The molecule has 9 heteroatoms. The van der Waals surface area contributed by atoms with Crippen molar-refractivity contribution in [1.82, 2.24) is 15.6 Å². The summed E-state index contributed by atoms with van der Waals surface area (Å²) in [6, 6.07) is 15.4. The molecular weight excluding hydrogens is 400 g/mol. The minimum Gasteiger partial charge on any atom is -0.451 e. The Morgan fingerprint density at radius 2 is 1.77 bits per heavy atom. The molecule has 156 valence electrons. The maximum atomic E-state index is 12.4. The Kier molecular flexibility index (Phi) is 5.48. The molecular formula is C22H18N4O5. The van der Waals surface area contributed by atoms with Crippen LogP contribution in [0.2, 0.25) is 0 Å². The highest BCUT2D eigenvalue weighted by atomic mass is 16.4. The number of nitrogens with zero attached hydrogens (tertiary/aromatic N) is 1. The molecule has 0 bridgehead atoms. The number of anilines is 1. The van der Waals surface area contributed by atoms with Crippen molar-refractivity contribution in [3.8, 4) is 11.5 Å². The number of rotatable bonds is 6. The van der Waals surface area contributed by atoms with Gasteiger partial charge in [-0.1, -0.05) is 18.2 Å². The van der Waals surface area contributed by atoms with E-state index < -0.39 is 5.91 Å². The third-order valence-electron chi connectivity index (χ3n) is 4.44. The predicted octanol–water partition coefficient (Wildman–Crippen LogP) is 2.82. The number of benzene rings is 1. The van der Waals surface area contributed by atoms with Crippen molar-refractivity contribution < 1.29 is 23.2 Å². The van der Waals surface area contributed by atoms with Gasteiger partial charge in [-0.3, -0.25) is 19.4 Å². The van der Waals surface area contributed by atoms with Crippen LogP contribution in [0.25, 0.3) is 22.4 Å². The second-order valence-electron chi connectivity index (χ2n) is 6.55. The number of carbonyl (C=O) groups excluding carboxylic acids is 3. The van der Waals surface area contributed by atoms with E-state index in [0.29, 0.717) is 22.7 Å². The van der Waals surface area contributed by atoms with E-state index in [1.165, 1.54) is 19.3 Å². The number of fused-ring (bicyclic) bond motifs is 1. The monoisotopic (exact) mass is 418 g/mol. The van der Waals surface area contributed by atoms with Crippen molar-refractivity contribution >= 4 is 34.4 Å². The SMILES string of the molecule is CNC(=O)CNC(=O)c1ccc(-c2ccc(NC(=O)c3cc4ccccc4o3)cn2)o1. The molecule has 3 aromatic heterocycles. The molecule has 0 saturated heterocycles. The number of hydrogen-bond donors (Lipinski definition) is 3. The molecule has 0 aliphatic rings. The maximum Gasteiger partial charge on any atom is 0.291 e. The Balaban J connectivity index is 1.41. The van der Waals surface area contributed by atoms with Gasteiger partial charge in [0, 0.05) is 12.4 Å². The summed E-state index contributed by atoms with van der Waals surface area (Å²) in [6.45, 7) is -0.150. The first kappa shape index (κ1) is 19.9. The minimum absolute atomic E-state index is 0.0583. The second kappa shape index (κ2) is 8.54. The topological polar surface area (TPSA) is 126 Å². The molecule has 0 fully saturated rings. The standard InChI is InChI=1S/C22H18N4O5/c1-23-20(27)12-25-21(28)18-9-8-17(31-18)15-7-6-14(11-24-15)26-22(29)19-10-13-4-2-3-5-16(13)30-19/h2-11H,12H2,1H3,(H,23,27)(H,25,28)(H,26,29). The quantitative estimate of drug-likeness (QED) is 0.442. The highest BCUT2D eigenvalue weighted by Gasteiger charge is 2.15. The molecule has 0 atom stereocenters. The van der Waals surface area contributed by atoms with Crippen molar-refractivity contribution in [3.63, 3.8) is 0 Å². The van der Waals surface area contributed by atoms with Crippen molar-refractivity contribution in [2.24, 2.45) is 0 Å². The lowest BCUT2D eigenvalue weighted by Gasteiger charge is -2.04. The predicted molar refractivity (Wildman–Crippen MR) is 113 cm³/mol. The lowest BCUT2D eigenvalue weighted by atomic mass is 10.2. The summed E-state index contributed by atoms with van der Waals surface area (Å²) in [5.41, 5.74) is 1.59. The van der Waals surface area contributed by atoms with Crippen LogP contribution in [0.15, 0.2) is 69.6 Å². The molecule has 31 heavy (non-hydrogen) atoms. The highest BCUT2D eigenvalue weighted by molar-refractivity contribution is 6.04. The molecule has 3 heterocycles. The van der Waals surface area contributed by atoms with Gasteiger partial charge in [-0.2, -0.15) is 0 Å². The van der Waals surface area contributed by atoms with Crippen LogP contribution in [0.1, 0.15) is 21.1 Å². The number of pyridine rings is 1. The molecule has 9 nitrogen and oxygen atoms in total. The molecule has 3 amide bonds. The summed E-state index contributed by atoms with van der Waals surface area (Å²) in [7, 11) is 1.48. The summed E-state index contributed by atoms with van der Waals surface area (Å²) in [5, 5.41) is 8.43. The van der Waals surface area contributed by atoms with Crippen molar-refractivity contribution in [1.29, 1.82) is 0 Å². The smallest absolute Gasteiger partial charge is 0.291 e. The third-order valence-corrected chi connectivity index (χ3v) is 4.44. The molecule has 0 aliphatic heterocycles. The first-order valence-corrected chi connectivity index (χ1v) is 9.38. The maximum absolute atomic E-state index is 12.4. The van der Waals surface area contributed by atoms with Crippen LogP contribution < -0.4 is 16.0 Å². The number of furan rings is 2. The summed E-state index contributed by atoms with van der Waals surface area (Å²) in [6.07, 6.45) is 1.48. The van der Waals surface area contributed by atoms with Crippen LogP contribution in [-0.4, -0.2) is 36.3 Å². The zero-order valence-electron chi connectivity index (χ0n) is 16.5. The van der Waals surface area contributed by atoms with Crippen LogP contribution in [0.3, 0.4) is 0 Å². The molecule has 0 spiro atoms. The largest absolute Gasteiger partial charge is 0.451 e. The summed E-state index contributed by atoms with van der Waals surface area (Å²) in [4.78, 5) is 39.9.